The van der Waals surface area contributed by atoms with Crippen molar-refractivity contribution in [3.8, 4) is 16.9 Å². The third-order valence-corrected chi connectivity index (χ3v) is 6.30. The number of rotatable bonds is 5. The molecule has 2 atom stereocenters. The van der Waals surface area contributed by atoms with E-state index in [0.717, 1.165) is 39.9 Å². The fourth-order valence-corrected chi connectivity index (χ4v) is 4.27. The first-order valence-electron chi connectivity index (χ1n) is 10.2. The van der Waals surface area contributed by atoms with Gasteiger partial charge in [-0.15, -0.1) is 0 Å². The molecule has 1 aromatic carbocycles. The molecule has 0 saturated heterocycles. The summed E-state index contributed by atoms with van der Waals surface area (Å²) in [6, 6.07) is 4.79. The molecule has 0 N–H and O–H groups in total. The SMILES string of the molecule is C.Cc1c2c(O[C@H](C)[C@H]3CCC(=O)C3)cc(-c3cnn(C4CC4)c3)cc2nn1C. The van der Waals surface area contributed by atoms with Crippen LogP contribution in [-0.4, -0.2) is 31.4 Å². The lowest BCUT2D eigenvalue weighted by molar-refractivity contribution is -0.117. The van der Waals surface area contributed by atoms with E-state index in [1.807, 2.05) is 17.9 Å². The zero-order valence-electron chi connectivity index (χ0n) is 16.7. The molecular formula is C23H30N4O2. The predicted molar refractivity (Wildman–Crippen MR) is 114 cm³/mol. The predicted octanol–water partition coefficient (Wildman–Crippen LogP) is 4.85. The highest BCUT2D eigenvalue weighted by Crippen LogP contribution is 2.38. The van der Waals surface area contributed by atoms with Crippen LogP contribution in [0.25, 0.3) is 22.0 Å². The fourth-order valence-electron chi connectivity index (χ4n) is 4.27. The van der Waals surface area contributed by atoms with Gasteiger partial charge in [-0.1, -0.05) is 7.43 Å². The summed E-state index contributed by atoms with van der Waals surface area (Å²) in [6.45, 7) is 4.15. The molecule has 2 aliphatic rings. The zero-order valence-corrected chi connectivity index (χ0v) is 16.7. The largest absolute Gasteiger partial charge is 0.490 e. The molecule has 154 valence electrons. The molecule has 0 radical (unpaired) electrons. The standard InChI is InChI=1S/C22H26N4O2.CH4/c1-13-22-20(24-25(13)3)9-16(17-11-23-26(12-17)18-5-6-18)10-21(22)28-14(2)15-4-7-19(27)8-15;/h9-12,14-15,18H,4-8H2,1-3H3;1H4/t14-,15+;/m1./s1. The van der Waals surface area contributed by atoms with Crippen molar-refractivity contribution in [1.82, 2.24) is 19.6 Å². The summed E-state index contributed by atoms with van der Waals surface area (Å²) in [5, 5.41) is 10.3. The van der Waals surface area contributed by atoms with Crippen LogP contribution in [0.5, 0.6) is 5.75 Å². The van der Waals surface area contributed by atoms with E-state index < -0.39 is 0 Å². The second-order valence-electron chi connectivity index (χ2n) is 8.38. The summed E-state index contributed by atoms with van der Waals surface area (Å²) < 4.78 is 10.4. The Hall–Kier alpha value is -2.63. The monoisotopic (exact) mass is 394 g/mol. The molecule has 29 heavy (non-hydrogen) atoms. The lowest BCUT2D eigenvalue weighted by atomic mass is 10.0. The van der Waals surface area contributed by atoms with Gasteiger partial charge in [0.15, 0.2) is 0 Å². The Morgan fingerprint density at radius 1 is 1.21 bits per heavy atom. The van der Waals surface area contributed by atoms with Crippen LogP contribution in [0.3, 0.4) is 0 Å². The van der Waals surface area contributed by atoms with E-state index in [9.17, 15) is 4.79 Å². The van der Waals surface area contributed by atoms with Crippen LogP contribution in [0.4, 0.5) is 0 Å². The number of aryl methyl sites for hydroxylation is 2. The van der Waals surface area contributed by atoms with E-state index in [4.69, 9.17) is 4.74 Å². The lowest BCUT2D eigenvalue weighted by Gasteiger charge is -2.21. The molecule has 2 aliphatic carbocycles. The van der Waals surface area contributed by atoms with Crippen LogP contribution in [-0.2, 0) is 11.8 Å². The van der Waals surface area contributed by atoms with Crippen molar-refractivity contribution in [2.24, 2.45) is 13.0 Å². The first-order valence-corrected chi connectivity index (χ1v) is 10.2. The molecular weight excluding hydrogens is 364 g/mol. The average Bonchev–Trinajstić information content (AvgIpc) is 3.09. The van der Waals surface area contributed by atoms with Crippen LogP contribution in [0.15, 0.2) is 24.5 Å². The Morgan fingerprint density at radius 3 is 2.69 bits per heavy atom. The third kappa shape index (κ3) is 3.56. The second kappa shape index (κ2) is 7.32. The number of Topliss-reactive ketones (excluding diaryl/α,β-unsaturated/α-hetero) is 1. The van der Waals surface area contributed by atoms with Gasteiger partial charge in [0.05, 0.1) is 29.2 Å². The summed E-state index contributed by atoms with van der Waals surface area (Å²) in [4.78, 5) is 11.7. The number of fused-ring (bicyclic) bond motifs is 1. The van der Waals surface area contributed by atoms with Gasteiger partial charge in [-0.05, 0) is 50.8 Å². The molecule has 0 spiro atoms. The van der Waals surface area contributed by atoms with Crippen molar-refractivity contribution in [1.29, 1.82) is 0 Å². The van der Waals surface area contributed by atoms with Crippen molar-refractivity contribution in [2.75, 3.05) is 0 Å². The normalized spacial score (nSPS) is 20.1. The van der Waals surface area contributed by atoms with E-state index in [1.165, 1.54) is 12.8 Å². The van der Waals surface area contributed by atoms with Crippen molar-refractivity contribution in [3.63, 3.8) is 0 Å². The Bertz CT molecular complexity index is 1060. The highest BCUT2D eigenvalue weighted by atomic mass is 16.5. The van der Waals surface area contributed by atoms with Gasteiger partial charge in [0.25, 0.3) is 0 Å². The van der Waals surface area contributed by atoms with Crippen molar-refractivity contribution >= 4 is 16.7 Å². The molecule has 3 aromatic rings. The van der Waals surface area contributed by atoms with Crippen LogP contribution in [0.2, 0.25) is 0 Å². The molecule has 0 bridgehead atoms. The third-order valence-electron chi connectivity index (χ3n) is 6.30. The van der Waals surface area contributed by atoms with Crippen LogP contribution < -0.4 is 4.74 Å². The number of carbonyl (C=O) groups excluding carboxylic acids is 1. The van der Waals surface area contributed by atoms with Gasteiger partial charge in [0, 0.05) is 43.3 Å². The summed E-state index contributed by atoms with van der Waals surface area (Å²) in [5.41, 5.74) is 4.18. The van der Waals surface area contributed by atoms with Gasteiger partial charge in [-0.3, -0.25) is 14.2 Å². The Labute approximate surface area is 171 Å². The highest BCUT2D eigenvalue weighted by Gasteiger charge is 2.29. The molecule has 2 heterocycles. The summed E-state index contributed by atoms with van der Waals surface area (Å²) in [7, 11) is 1.96. The maximum atomic E-state index is 11.7. The zero-order chi connectivity index (χ0) is 19.4. The topological polar surface area (TPSA) is 61.9 Å². The first-order chi connectivity index (χ1) is 13.5. The van der Waals surface area contributed by atoms with Crippen molar-refractivity contribution in [2.45, 2.75) is 65.5 Å². The van der Waals surface area contributed by atoms with Gasteiger partial charge in [-0.2, -0.15) is 10.2 Å². The molecule has 0 amide bonds. The van der Waals surface area contributed by atoms with Crippen LogP contribution in [0, 0.1) is 12.8 Å². The number of hydrogen-bond acceptors (Lipinski definition) is 4. The van der Waals surface area contributed by atoms with E-state index in [1.54, 1.807) is 0 Å². The number of hydrogen-bond donors (Lipinski definition) is 0. The van der Waals surface area contributed by atoms with Gasteiger partial charge < -0.3 is 4.74 Å². The van der Waals surface area contributed by atoms with E-state index >= 15 is 0 Å². The molecule has 6 heteroatoms. The highest BCUT2D eigenvalue weighted by molar-refractivity contribution is 5.92. The minimum atomic E-state index is -0.00121. The van der Waals surface area contributed by atoms with E-state index in [0.29, 0.717) is 30.6 Å². The summed E-state index contributed by atoms with van der Waals surface area (Å²) >= 11 is 0. The Kier molecular flexibility index (Phi) is 4.97. The van der Waals surface area contributed by atoms with Crippen molar-refractivity contribution in [3.05, 3.63) is 30.2 Å². The lowest BCUT2D eigenvalue weighted by Crippen LogP contribution is -2.22. The minimum Gasteiger partial charge on any atom is -0.490 e. The maximum absolute atomic E-state index is 11.7. The molecule has 6 nitrogen and oxygen atoms in total. The number of carbonyl (C=O) groups is 1. The number of ether oxygens (including phenoxy) is 1. The van der Waals surface area contributed by atoms with Crippen molar-refractivity contribution < 1.29 is 9.53 Å². The number of benzene rings is 1. The second-order valence-corrected chi connectivity index (χ2v) is 8.38. The number of aromatic nitrogens is 4. The molecule has 2 saturated carbocycles. The van der Waals surface area contributed by atoms with E-state index in [2.05, 4.69) is 47.1 Å². The molecule has 0 aliphatic heterocycles. The number of nitrogens with zero attached hydrogens (tertiary/aromatic N) is 4. The summed E-state index contributed by atoms with van der Waals surface area (Å²) in [6.07, 6.45) is 8.71. The summed E-state index contributed by atoms with van der Waals surface area (Å²) in [5.74, 6) is 1.49. The van der Waals surface area contributed by atoms with E-state index in [-0.39, 0.29) is 13.5 Å². The Morgan fingerprint density at radius 2 is 2.00 bits per heavy atom. The van der Waals surface area contributed by atoms with Gasteiger partial charge in [-0.25, -0.2) is 0 Å². The Balaban J connectivity index is 0.00000205. The molecule has 5 rings (SSSR count). The van der Waals surface area contributed by atoms with Gasteiger partial charge in [0.1, 0.15) is 11.5 Å². The van der Waals surface area contributed by atoms with Gasteiger partial charge >= 0.3 is 0 Å². The fraction of sp³-hybridized carbons (Fsp3) is 0.522. The first kappa shape index (κ1) is 19.7. The minimum absolute atomic E-state index is 0. The van der Waals surface area contributed by atoms with Crippen LogP contribution >= 0.6 is 0 Å². The molecule has 0 unspecified atom stereocenters. The average molecular weight is 395 g/mol. The molecule has 2 aromatic heterocycles. The number of ketones is 1. The smallest absolute Gasteiger partial charge is 0.133 e. The molecule has 2 fully saturated rings. The van der Waals surface area contributed by atoms with Crippen LogP contribution in [0.1, 0.15) is 58.2 Å². The van der Waals surface area contributed by atoms with Gasteiger partial charge in [0.2, 0.25) is 0 Å². The quantitative estimate of drug-likeness (QED) is 0.620. The maximum Gasteiger partial charge on any atom is 0.133 e.